The highest BCUT2D eigenvalue weighted by atomic mass is 127. The van der Waals surface area contributed by atoms with Gasteiger partial charge in [0, 0.05) is 36.9 Å². The summed E-state index contributed by atoms with van der Waals surface area (Å²) in [5.74, 6) is 0.727. The van der Waals surface area contributed by atoms with Gasteiger partial charge in [-0.15, -0.1) is 24.0 Å². The quantitative estimate of drug-likeness (QED) is 0.244. The monoisotopic (exact) mass is 529 g/mol. The lowest BCUT2D eigenvalue weighted by molar-refractivity contribution is 0.250. The van der Waals surface area contributed by atoms with Crippen molar-refractivity contribution in [2.45, 2.75) is 32.9 Å². The Morgan fingerprint density at radius 2 is 1.76 bits per heavy atom. The van der Waals surface area contributed by atoms with Gasteiger partial charge in [-0.1, -0.05) is 41.9 Å². The predicted molar refractivity (Wildman–Crippen MR) is 133 cm³/mol. The number of urea groups is 1. The van der Waals surface area contributed by atoms with E-state index in [1.807, 2.05) is 62.4 Å². The Balaban J connectivity index is 0.00000420. The highest BCUT2D eigenvalue weighted by molar-refractivity contribution is 14.0. The molecule has 0 spiro atoms. The number of guanidine groups is 1. The molecule has 0 bridgehead atoms. The smallest absolute Gasteiger partial charge is 0.319 e. The van der Waals surface area contributed by atoms with Gasteiger partial charge in [0.2, 0.25) is 0 Å². The highest BCUT2D eigenvalue weighted by Gasteiger charge is 2.04. The zero-order valence-electron chi connectivity index (χ0n) is 17.0. The molecule has 158 valence electrons. The molecule has 0 aliphatic carbocycles. The van der Waals surface area contributed by atoms with Crippen LogP contribution in [0.5, 0.6) is 0 Å². The molecule has 0 fully saturated rings. The normalized spacial score (nSPS) is 10.9. The molecule has 0 aromatic heterocycles. The third kappa shape index (κ3) is 9.36. The van der Waals surface area contributed by atoms with Crippen LogP contribution in [0.4, 0.5) is 10.5 Å². The summed E-state index contributed by atoms with van der Waals surface area (Å²) in [5, 5.41) is 12.9. The molecule has 0 radical (unpaired) electrons. The molecule has 29 heavy (non-hydrogen) atoms. The van der Waals surface area contributed by atoms with Crippen molar-refractivity contribution >= 4 is 53.3 Å². The zero-order valence-corrected chi connectivity index (χ0v) is 20.0. The van der Waals surface area contributed by atoms with Crippen molar-refractivity contribution in [3.05, 3.63) is 64.7 Å². The Morgan fingerprint density at radius 3 is 2.38 bits per heavy atom. The molecule has 2 amide bonds. The summed E-state index contributed by atoms with van der Waals surface area (Å²) >= 11 is 6.18. The molecule has 0 atom stereocenters. The largest absolute Gasteiger partial charge is 0.356 e. The van der Waals surface area contributed by atoms with Gasteiger partial charge in [0.1, 0.15) is 0 Å². The topological polar surface area (TPSA) is 77.6 Å². The Bertz CT molecular complexity index is 796. The molecule has 0 saturated carbocycles. The molecule has 0 unspecified atom stereocenters. The van der Waals surface area contributed by atoms with Crippen LogP contribution in [-0.4, -0.2) is 31.6 Å². The molecule has 0 aliphatic rings. The average molecular weight is 530 g/mol. The van der Waals surface area contributed by atoms with Gasteiger partial charge in [-0.2, -0.15) is 0 Å². The van der Waals surface area contributed by atoms with Crippen molar-refractivity contribution in [2.75, 3.05) is 18.9 Å². The first-order valence-corrected chi connectivity index (χ1v) is 9.70. The van der Waals surface area contributed by atoms with Gasteiger partial charge in [0.05, 0.1) is 0 Å². The lowest BCUT2D eigenvalue weighted by atomic mass is 10.1. The molecule has 2 aromatic carbocycles. The summed E-state index contributed by atoms with van der Waals surface area (Å²) < 4.78 is 0. The number of nitrogens with zero attached hydrogens (tertiary/aromatic N) is 1. The summed E-state index contributed by atoms with van der Waals surface area (Å²) in [6, 6.07) is 15.4. The third-order valence-corrected chi connectivity index (χ3v) is 4.33. The highest BCUT2D eigenvalue weighted by Crippen LogP contribution is 2.14. The Hall–Kier alpha value is -2.00. The number of hydrogen-bond donors (Lipinski definition) is 4. The van der Waals surface area contributed by atoms with Crippen LogP contribution in [-0.2, 0) is 13.0 Å². The summed E-state index contributed by atoms with van der Waals surface area (Å²) in [6.45, 7) is 5.20. The number of hydrogen-bond acceptors (Lipinski definition) is 2. The SMILES string of the molecule is CN=C(NCCc1ccccc1Cl)NCc1ccc(NC(=O)NC(C)C)cc1.I. The van der Waals surface area contributed by atoms with E-state index in [4.69, 9.17) is 11.6 Å². The second-order valence-electron chi connectivity index (χ2n) is 6.64. The van der Waals surface area contributed by atoms with Crippen molar-refractivity contribution in [1.82, 2.24) is 16.0 Å². The fourth-order valence-corrected chi connectivity index (χ4v) is 2.79. The Morgan fingerprint density at radius 1 is 1.07 bits per heavy atom. The minimum absolute atomic E-state index is 0. The third-order valence-electron chi connectivity index (χ3n) is 3.96. The summed E-state index contributed by atoms with van der Waals surface area (Å²) in [5.41, 5.74) is 2.95. The molecule has 0 saturated heterocycles. The van der Waals surface area contributed by atoms with Gasteiger partial charge in [0.15, 0.2) is 5.96 Å². The van der Waals surface area contributed by atoms with E-state index in [0.717, 1.165) is 40.8 Å². The molecule has 8 heteroatoms. The summed E-state index contributed by atoms with van der Waals surface area (Å²) in [7, 11) is 1.74. The number of carbonyl (C=O) groups is 1. The van der Waals surface area contributed by atoms with Crippen LogP contribution in [0.15, 0.2) is 53.5 Å². The Kier molecular flexibility index (Phi) is 11.5. The number of aliphatic imine (C=N–C) groups is 1. The van der Waals surface area contributed by atoms with Crippen molar-refractivity contribution in [1.29, 1.82) is 0 Å². The molecule has 0 aliphatic heterocycles. The van der Waals surface area contributed by atoms with Crippen LogP contribution in [0.1, 0.15) is 25.0 Å². The molecular formula is C21H29ClIN5O. The van der Waals surface area contributed by atoms with Gasteiger partial charge >= 0.3 is 6.03 Å². The van der Waals surface area contributed by atoms with Gasteiger partial charge in [-0.3, -0.25) is 4.99 Å². The van der Waals surface area contributed by atoms with E-state index in [2.05, 4.69) is 26.3 Å². The lowest BCUT2D eigenvalue weighted by Gasteiger charge is -2.13. The van der Waals surface area contributed by atoms with E-state index in [1.165, 1.54) is 0 Å². The van der Waals surface area contributed by atoms with Crippen LogP contribution in [0.25, 0.3) is 0 Å². The van der Waals surface area contributed by atoms with E-state index < -0.39 is 0 Å². The number of amides is 2. The van der Waals surface area contributed by atoms with Gasteiger partial charge in [-0.05, 0) is 49.6 Å². The fourth-order valence-electron chi connectivity index (χ4n) is 2.56. The van der Waals surface area contributed by atoms with Crippen molar-refractivity contribution < 1.29 is 4.79 Å². The minimum Gasteiger partial charge on any atom is -0.356 e. The number of halogens is 2. The van der Waals surface area contributed by atoms with Crippen LogP contribution in [0.3, 0.4) is 0 Å². The maximum absolute atomic E-state index is 11.7. The zero-order chi connectivity index (χ0) is 20.4. The Labute approximate surface area is 194 Å². The van der Waals surface area contributed by atoms with Crippen molar-refractivity contribution in [3.8, 4) is 0 Å². The van der Waals surface area contributed by atoms with E-state index >= 15 is 0 Å². The maximum Gasteiger partial charge on any atom is 0.319 e. The van der Waals surface area contributed by atoms with E-state index in [9.17, 15) is 4.79 Å². The van der Waals surface area contributed by atoms with Crippen molar-refractivity contribution in [2.24, 2.45) is 4.99 Å². The van der Waals surface area contributed by atoms with Crippen LogP contribution in [0, 0.1) is 0 Å². The van der Waals surface area contributed by atoms with E-state index in [-0.39, 0.29) is 36.0 Å². The summed E-state index contributed by atoms with van der Waals surface area (Å²) in [4.78, 5) is 16.0. The predicted octanol–water partition coefficient (Wildman–Crippen LogP) is 4.40. The molecular weight excluding hydrogens is 501 g/mol. The first-order valence-electron chi connectivity index (χ1n) is 9.32. The van der Waals surface area contributed by atoms with Gasteiger partial charge < -0.3 is 21.3 Å². The standard InChI is InChI=1S/C21H28ClN5O.HI/c1-15(2)26-21(28)27-18-10-8-16(9-11-18)14-25-20(23-3)24-13-12-17-6-4-5-7-19(17)22;/h4-11,15H,12-14H2,1-3H3,(H2,23,24,25)(H2,26,27,28);1H. The van der Waals surface area contributed by atoms with Gasteiger partial charge in [0.25, 0.3) is 0 Å². The second-order valence-corrected chi connectivity index (χ2v) is 7.05. The number of rotatable bonds is 7. The fraction of sp³-hybridized carbons (Fsp3) is 0.333. The van der Waals surface area contributed by atoms with Crippen LogP contribution < -0.4 is 21.3 Å². The minimum atomic E-state index is -0.205. The number of benzene rings is 2. The maximum atomic E-state index is 11.7. The first kappa shape index (κ1) is 25.0. The molecule has 0 heterocycles. The number of nitrogens with one attached hydrogen (secondary N) is 4. The molecule has 6 nitrogen and oxygen atoms in total. The second kappa shape index (κ2) is 13.3. The van der Waals surface area contributed by atoms with Crippen molar-refractivity contribution in [3.63, 3.8) is 0 Å². The number of carbonyl (C=O) groups excluding carboxylic acids is 1. The first-order chi connectivity index (χ1) is 13.5. The molecule has 2 rings (SSSR count). The summed E-state index contributed by atoms with van der Waals surface area (Å²) in [6.07, 6.45) is 0.819. The van der Waals surface area contributed by atoms with Crippen LogP contribution in [0.2, 0.25) is 5.02 Å². The van der Waals surface area contributed by atoms with Crippen LogP contribution >= 0.6 is 35.6 Å². The van der Waals surface area contributed by atoms with E-state index in [0.29, 0.717) is 6.54 Å². The average Bonchev–Trinajstić information content (AvgIpc) is 2.66. The van der Waals surface area contributed by atoms with E-state index in [1.54, 1.807) is 7.05 Å². The van der Waals surface area contributed by atoms with Gasteiger partial charge in [-0.25, -0.2) is 4.79 Å². The molecule has 2 aromatic rings. The molecule has 4 N–H and O–H groups in total. The number of anilines is 1. The lowest BCUT2D eigenvalue weighted by Crippen LogP contribution is -2.37.